The molecule has 0 aliphatic carbocycles. The zero-order chi connectivity index (χ0) is 44.2. The first-order chi connectivity index (χ1) is 28.8. The van der Waals surface area contributed by atoms with Gasteiger partial charge in [-0.3, -0.25) is 13.9 Å². The number of para-hydroxylation sites is 1. The SMILES string of the molecule is CCCCC[N+]1=C(/C=C/C2=C(Oc3ccc(CCC(=O)O)cc3)C(=C/C=C3/N(CCCCS(=O)(=O)O)c4ccc(S(=O)(=O)O)cc4C3(C)C)/OCO2)C(C)(C)c2ccccc21. The number of nitrogens with zero attached hydrogens (tertiary/aromatic N) is 2. The molecule has 0 aromatic heterocycles. The summed E-state index contributed by atoms with van der Waals surface area (Å²) < 4.78 is 87.9. The third-order valence-corrected chi connectivity index (χ3v) is 13.1. The van der Waals surface area contributed by atoms with Gasteiger partial charge in [0.2, 0.25) is 18.2 Å². The molecule has 3 aromatic rings. The largest absolute Gasteiger partial charge is 0.481 e. The van der Waals surface area contributed by atoms with Crippen molar-refractivity contribution in [3.05, 3.63) is 131 Å². The summed E-state index contributed by atoms with van der Waals surface area (Å²) in [6.45, 7) is 11.5. The average molecular weight is 876 g/mol. The number of hydrogen-bond acceptors (Lipinski definition) is 9. The van der Waals surface area contributed by atoms with Crippen LogP contribution in [0.1, 0.15) is 89.8 Å². The molecule has 13 nitrogen and oxygen atoms in total. The maximum atomic E-state index is 12.2. The third kappa shape index (κ3) is 10.5. The van der Waals surface area contributed by atoms with Crippen molar-refractivity contribution in [2.24, 2.45) is 0 Å². The number of carboxylic acids is 1. The van der Waals surface area contributed by atoms with Crippen LogP contribution in [0.3, 0.4) is 0 Å². The lowest BCUT2D eigenvalue weighted by molar-refractivity contribution is -0.438. The highest BCUT2D eigenvalue weighted by molar-refractivity contribution is 7.86. The van der Waals surface area contributed by atoms with Crippen LogP contribution < -0.4 is 9.64 Å². The van der Waals surface area contributed by atoms with Crippen molar-refractivity contribution >= 4 is 43.3 Å². The van der Waals surface area contributed by atoms with Gasteiger partial charge in [-0.05, 0) is 99.2 Å². The van der Waals surface area contributed by atoms with Crippen molar-refractivity contribution < 1.29 is 54.6 Å². The fourth-order valence-corrected chi connectivity index (χ4v) is 9.25. The molecule has 0 saturated carbocycles. The van der Waals surface area contributed by atoms with E-state index in [0.29, 0.717) is 47.9 Å². The van der Waals surface area contributed by atoms with Crippen LogP contribution in [0.5, 0.6) is 5.75 Å². The standard InChI is InChI=1S/C46H54N2O11S2/c1-6-7-10-27-47-37-14-9-8-13-35(37)45(2,3)41(47)24-22-39-44(59-33-18-15-32(16-19-33)17-26-43(49)50)40(58-31-57-39)23-25-42-46(4,5)36-30-34(61(54,55)56)20-21-38(36)48(42)28-11-12-29-60(51,52)53/h8-9,13-16,18-25,30H,6-7,10-12,17,26-29,31H2,1-5H3,(H2-,49,50,51,52,53,54,55,56)/p+1. The minimum atomic E-state index is -4.51. The number of allylic oxidation sites excluding steroid dienone is 5. The van der Waals surface area contributed by atoms with Crippen LogP contribution in [0.25, 0.3) is 0 Å². The Morgan fingerprint density at radius 3 is 2.30 bits per heavy atom. The predicted molar refractivity (Wildman–Crippen MR) is 233 cm³/mol. The monoisotopic (exact) mass is 875 g/mol. The first-order valence-electron chi connectivity index (χ1n) is 20.5. The van der Waals surface area contributed by atoms with Gasteiger partial charge in [0.05, 0.1) is 16.1 Å². The quantitative estimate of drug-likeness (QED) is 0.0630. The molecule has 0 radical (unpaired) electrons. The van der Waals surface area contributed by atoms with Gasteiger partial charge in [-0.2, -0.15) is 21.4 Å². The Labute approximate surface area is 358 Å². The molecule has 0 saturated heterocycles. The first-order valence-corrected chi connectivity index (χ1v) is 23.5. The number of ether oxygens (including phenoxy) is 3. The summed E-state index contributed by atoms with van der Waals surface area (Å²) in [5.41, 5.74) is 5.25. The number of fused-ring (bicyclic) bond motifs is 2. The normalized spacial score (nSPS) is 18.4. The highest BCUT2D eigenvalue weighted by atomic mass is 32.2. The Kier molecular flexibility index (Phi) is 13.7. The highest BCUT2D eigenvalue weighted by Crippen LogP contribution is 2.49. The lowest BCUT2D eigenvalue weighted by Gasteiger charge is -2.27. The van der Waals surface area contributed by atoms with E-state index in [1.807, 2.05) is 43.0 Å². The van der Waals surface area contributed by atoms with Crippen LogP contribution in [-0.4, -0.2) is 72.9 Å². The lowest BCUT2D eigenvalue weighted by Crippen LogP contribution is -2.28. The van der Waals surface area contributed by atoms with Gasteiger partial charge in [0.15, 0.2) is 17.2 Å². The molecule has 0 spiro atoms. The van der Waals surface area contributed by atoms with Gasteiger partial charge in [0.1, 0.15) is 12.3 Å². The number of rotatable bonds is 18. The molecule has 0 amide bonds. The summed E-state index contributed by atoms with van der Waals surface area (Å²) in [5, 5.41) is 9.19. The van der Waals surface area contributed by atoms with Crippen molar-refractivity contribution in [2.75, 3.05) is 30.5 Å². The molecule has 3 aliphatic heterocycles. The van der Waals surface area contributed by atoms with Crippen molar-refractivity contribution in [3.8, 4) is 5.75 Å². The summed E-state index contributed by atoms with van der Waals surface area (Å²) in [7, 11) is -8.68. The van der Waals surface area contributed by atoms with E-state index in [4.69, 9.17) is 14.2 Å². The maximum Gasteiger partial charge on any atom is 0.303 e. The number of carboxylic acid groups (broad SMARTS) is 1. The fourth-order valence-electron chi connectivity index (χ4n) is 8.17. The highest BCUT2D eigenvalue weighted by Gasteiger charge is 2.44. The average Bonchev–Trinajstić information content (AvgIpc) is 3.55. The van der Waals surface area contributed by atoms with Crippen LogP contribution >= 0.6 is 0 Å². The topological polar surface area (TPSA) is 180 Å². The van der Waals surface area contributed by atoms with Crippen LogP contribution in [-0.2, 0) is 51.8 Å². The van der Waals surface area contributed by atoms with Crippen molar-refractivity contribution in [1.29, 1.82) is 0 Å². The van der Waals surface area contributed by atoms with E-state index < -0.39 is 37.4 Å². The Morgan fingerprint density at radius 2 is 1.61 bits per heavy atom. The summed E-state index contributed by atoms with van der Waals surface area (Å²) >= 11 is 0. The number of carbonyl (C=O) groups is 1. The van der Waals surface area contributed by atoms with E-state index in [0.717, 1.165) is 42.8 Å². The molecule has 326 valence electrons. The van der Waals surface area contributed by atoms with E-state index in [-0.39, 0.29) is 35.7 Å². The van der Waals surface area contributed by atoms with E-state index in [2.05, 4.69) is 55.7 Å². The molecule has 0 fully saturated rings. The van der Waals surface area contributed by atoms with E-state index >= 15 is 0 Å². The van der Waals surface area contributed by atoms with Crippen LogP contribution in [0, 0.1) is 0 Å². The number of benzene rings is 3. The molecule has 3 aliphatic rings. The number of unbranched alkanes of at least 4 members (excludes halogenated alkanes) is 3. The van der Waals surface area contributed by atoms with Gasteiger partial charge in [-0.1, -0.05) is 57.5 Å². The molecule has 0 atom stereocenters. The molecule has 3 aromatic carbocycles. The smallest absolute Gasteiger partial charge is 0.303 e. The summed E-state index contributed by atoms with van der Waals surface area (Å²) in [6, 6.07) is 20.0. The predicted octanol–water partition coefficient (Wildman–Crippen LogP) is 8.60. The summed E-state index contributed by atoms with van der Waals surface area (Å²) in [4.78, 5) is 12.9. The second-order valence-corrected chi connectivity index (χ2v) is 19.5. The number of aryl methyl sites for hydroxylation is 1. The zero-order valence-corrected chi connectivity index (χ0v) is 36.9. The first kappa shape index (κ1) is 45.3. The molecule has 3 N–H and O–H groups in total. The van der Waals surface area contributed by atoms with Crippen LogP contribution in [0.2, 0.25) is 0 Å². The van der Waals surface area contributed by atoms with Crippen molar-refractivity contribution in [3.63, 3.8) is 0 Å². The molecule has 15 heteroatoms. The fraction of sp³-hybridized carbons (Fsp3) is 0.391. The summed E-state index contributed by atoms with van der Waals surface area (Å²) in [5.74, 6) is 0.197. The van der Waals surface area contributed by atoms with Gasteiger partial charge < -0.3 is 24.2 Å². The second-order valence-electron chi connectivity index (χ2n) is 16.5. The van der Waals surface area contributed by atoms with Gasteiger partial charge in [-0.25, -0.2) is 0 Å². The maximum absolute atomic E-state index is 12.2. The number of aliphatic carboxylic acids is 1. The third-order valence-electron chi connectivity index (χ3n) is 11.4. The molecule has 3 heterocycles. The van der Waals surface area contributed by atoms with E-state index in [9.17, 15) is 35.8 Å². The Hall–Kier alpha value is -5.22. The lowest BCUT2D eigenvalue weighted by atomic mass is 9.81. The van der Waals surface area contributed by atoms with Crippen LogP contribution in [0.4, 0.5) is 11.4 Å². The van der Waals surface area contributed by atoms with Crippen LogP contribution in [0.15, 0.2) is 119 Å². The Balaban J connectivity index is 1.44. The van der Waals surface area contributed by atoms with Gasteiger partial charge in [-0.15, -0.1) is 0 Å². The summed E-state index contributed by atoms with van der Waals surface area (Å²) in [6.07, 6.45) is 11.7. The zero-order valence-electron chi connectivity index (χ0n) is 35.3. The minimum absolute atomic E-state index is 0.00700. The van der Waals surface area contributed by atoms with Crippen molar-refractivity contribution in [2.45, 2.75) is 95.3 Å². The molecular weight excluding hydrogens is 821 g/mol. The molecule has 61 heavy (non-hydrogen) atoms. The molecular formula is C46H55N2O11S2+. The molecule has 6 rings (SSSR count). The molecule has 0 unspecified atom stereocenters. The van der Waals surface area contributed by atoms with E-state index in [1.54, 1.807) is 24.3 Å². The van der Waals surface area contributed by atoms with Gasteiger partial charge >= 0.3 is 5.97 Å². The van der Waals surface area contributed by atoms with Gasteiger partial charge in [0.25, 0.3) is 20.2 Å². The van der Waals surface area contributed by atoms with Gasteiger partial charge in [0, 0.05) is 53.9 Å². The van der Waals surface area contributed by atoms with Crippen molar-refractivity contribution in [1.82, 2.24) is 0 Å². The Bertz CT molecular complexity index is 2530. The number of hydrogen-bond donors (Lipinski definition) is 3. The Morgan fingerprint density at radius 1 is 0.869 bits per heavy atom. The van der Waals surface area contributed by atoms with E-state index in [1.165, 1.54) is 23.4 Å². The minimum Gasteiger partial charge on any atom is -0.481 e. The number of anilines is 1. The second kappa shape index (κ2) is 18.4. The molecule has 0 bridgehead atoms.